The maximum absolute atomic E-state index is 13.0. The van der Waals surface area contributed by atoms with Crippen LogP contribution in [0.25, 0.3) is 5.65 Å². The highest BCUT2D eigenvalue weighted by molar-refractivity contribution is 6.30. The highest BCUT2D eigenvalue weighted by Gasteiger charge is 2.34. The number of aliphatic hydroxyl groups excluding tert-OH is 1. The first-order chi connectivity index (χ1) is 19.9. The molecule has 2 aliphatic rings. The Morgan fingerprint density at radius 1 is 0.927 bits per heavy atom. The Hall–Kier alpha value is -3.50. The van der Waals surface area contributed by atoms with Crippen molar-refractivity contribution >= 4 is 28.8 Å². The van der Waals surface area contributed by atoms with Gasteiger partial charge in [-0.2, -0.15) is 5.10 Å². The van der Waals surface area contributed by atoms with Crippen LogP contribution >= 0.6 is 11.6 Å². The molecule has 0 aliphatic carbocycles. The monoisotopic (exact) mass is 574 g/mol. The molecule has 0 saturated carbocycles. The molecule has 6 rings (SSSR count). The van der Waals surface area contributed by atoms with Gasteiger partial charge in [0.05, 0.1) is 17.9 Å². The number of rotatable bonds is 7. The second-order valence-electron chi connectivity index (χ2n) is 10.9. The smallest absolute Gasteiger partial charge is 0.253 e. The number of anilines is 1. The van der Waals surface area contributed by atoms with E-state index in [9.17, 15) is 9.90 Å². The van der Waals surface area contributed by atoms with Crippen molar-refractivity contribution in [3.8, 4) is 0 Å². The van der Waals surface area contributed by atoms with E-state index < -0.39 is 5.60 Å². The number of hydrogen-bond donors (Lipinski definition) is 2. The summed E-state index contributed by atoms with van der Waals surface area (Å²) in [6.07, 6.45) is 3.69. The summed E-state index contributed by atoms with van der Waals surface area (Å²) < 4.78 is 1.82. The Labute approximate surface area is 244 Å². The first kappa shape index (κ1) is 27.7. The van der Waals surface area contributed by atoms with Gasteiger partial charge in [0.15, 0.2) is 11.5 Å². The normalized spacial score (nSPS) is 17.7. The molecule has 2 aliphatic heterocycles. The van der Waals surface area contributed by atoms with Crippen LogP contribution in [0.3, 0.4) is 0 Å². The highest BCUT2D eigenvalue weighted by atomic mass is 35.5. The van der Waals surface area contributed by atoms with Crippen molar-refractivity contribution in [2.45, 2.75) is 24.9 Å². The lowest BCUT2D eigenvalue weighted by Gasteiger charge is -2.39. The lowest BCUT2D eigenvalue weighted by molar-refractivity contribution is 0.0118. The number of benzene rings is 2. The van der Waals surface area contributed by atoms with E-state index in [1.54, 1.807) is 0 Å². The summed E-state index contributed by atoms with van der Waals surface area (Å²) >= 11 is 6.04. The first-order valence-corrected chi connectivity index (χ1v) is 14.6. The third kappa shape index (κ3) is 5.94. The number of carbonyl (C=O) groups is 1. The molecular weight excluding hydrogens is 540 g/mol. The molecule has 4 aromatic rings. The van der Waals surface area contributed by atoms with Gasteiger partial charge in [0, 0.05) is 69.0 Å². The molecule has 0 radical (unpaired) electrons. The fourth-order valence-electron chi connectivity index (χ4n) is 5.87. The molecule has 1 amide bonds. The van der Waals surface area contributed by atoms with E-state index >= 15 is 0 Å². The molecule has 0 atom stereocenters. The minimum absolute atomic E-state index is 0.0418. The predicted octanol–water partition coefficient (Wildman–Crippen LogP) is 3.21. The largest absolute Gasteiger partial charge is 0.395 e. The number of amides is 1. The van der Waals surface area contributed by atoms with Gasteiger partial charge in [-0.05, 0) is 60.4 Å². The minimum atomic E-state index is -0.868. The number of piperazine rings is 1. The molecule has 0 unspecified atom stereocenters. The number of β-amino-alcohol motifs (C(OH)–C–C–N with tert-alkyl or cyclic N) is 1. The van der Waals surface area contributed by atoms with Crippen LogP contribution in [0.4, 0.5) is 5.69 Å². The summed E-state index contributed by atoms with van der Waals surface area (Å²) in [6, 6.07) is 19.2. The van der Waals surface area contributed by atoms with Crippen molar-refractivity contribution in [1.82, 2.24) is 24.4 Å². The lowest BCUT2D eigenvalue weighted by Crippen LogP contribution is -2.49. The zero-order valence-corrected chi connectivity index (χ0v) is 23.7. The average Bonchev–Trinajstić information content (AvgIpc) is 3.41. The number of carbonyl (C=O) groups excluding carboxylic acids is 1. The second-order valence-corrected chi connectivity index (χ2v) is 11.4. The van der Waals surface area contributed by atoms with Crippen molar-refractivity contribution in [3.63, 3.8) is 0 Å². The van der Waals surface area contributed by atoms with Crippen LogP contribution in [0.5, 0.6) is 0 Å². The number of aromatic nitrogens is 3. The molecule has 4 heterocycles. The molecular formula is C31H35ClN6O3. The van der Waals surface area contributed by atoms with Crippen molar-refractivity contribution in [1.29, 1.82) is 0 Å². The van der Waals surface area contributed by atoms with E-state index in [-0.39, 0.29) is 12.5 Å². The molecule has 2 N–H and O–H groups in total. The number of piperidine rings is 1. The van der Waals surface area contributed by atoms with E-state index in [4.69, 9.17) is 26.8 Å². The third-order valence-corrected chi connectivity index (χ3v) is 8.59. The van der Waals surface area contributed by atoms with Crippen LogP contribution in [0, 0.1) is 0 Å². The van der Waals surface area contributed by atoms with Crippen molar-refractivity contribution in [2.75, 3.05) is 57.3 Å². The molecule has 2 fully saturated rings. The number of hydrogen-bond acceptors (Lipinski definition) is 7. The number of pyridine rings is 1. The molecule has 0 bridgehead atoms. The summed E-state index contributed by atoms with van der Waals surface area (Å²) in [7, 11) is 0. The van der Waals surface area contributed by atoms with E-state index in [1.165, 1.54) is 0 Å². The molecule has 214 valence electrons. The van der Waals surface area contributed by atoms with Gasteiger partial charge in [0.1, 0.15) is 0 Å². The van der Waals surface area contributed by atoms with Gasteiger partial charge in [-0.3, -0.25) is 9.69 Å². The van der Waals surface area contributed by atoms with Gasteiger partial charge in [-0.25, -0.2) is 9.50 Å². The summed E-state index contributed by atoms with van der Waals surface area (Å²) in [6.45, 7) is 5.11. The summed E-state index contributed by atoms with van der Waals surface area (Å²) in [5.74, 6) is 0.756. The summed E-state index contributed by atoms with van der Waals surface area (Å²) in [5, 5.41) is 25.8. The molecule has 0 spiro atoms. The highest BCUT2D eigenvalue weighted by Crippen LogP contribution is 2.35. The lowest BCUT2D eigenvalue weighted by atomic mass is 9.84. The minimum Gasteiger partial charge on any atom is -0.395 e. The van der Waals surface area contributed by atoms with Crippen molar-refractivity contribution in [3.05, 3.63) is 94.4 Å². The van der Waals surface area contributed by atoms with Crippen molar-refractivity contribution < 1.29 is 15.0 Å². The van der Waals surface area contributed by atoms with Crippen molar-refractivity contribution in [2.24, 2.45) is 0 Å². The number of halogens is 1. The predicted molar refractivity (Wildman–Crippen MR) is 158 cm³/mol. The first-order valence-electron chi connectivity index (χ1n) is 14.2. The van der Waals surface area contributed by atoms with Crippen LogP contribution in [-0.2, 0) is 12.0 Å². The topological polar surface area (TPSA) is 97.4 Å². The van der Waals surface area contributed by atoms with Gasteiger partial charge in [0.25, 0.3) is 5.91 Å². The summed E-state index contributed by atoms with van der Waals surface area (Å²) in [5.41, 5.74) is 3.55. The Morgan fingerprint density at radius 3 is 2.32 bits per heavy atom. The SMILES string of the molecule is O=C(c1ccc(Cc2nc3c(N4CCC(O)(c5ccc(Cl)cc5)CC4)cccn3n2)cc1)N1CCN(CCO)CC1. The average molecular weight is 575 g/mol. The molecule has 41 heavy (non-hydrogen) atoms. The zero-order valence-electron chi connectivity index (χ0n) is 23.0. The third-order valence-electron chi connectivity index (χ3n) is 8.34. The Morgan fingerprint density at radius 2 is 1.63 bits per heavy atom. The fraction of sp³-hybridized carbons (Fsp3) is 0.387. The van der Waals surface area contributed by atoms with Gasteiger partial charge in [0.2, 0.25) is 0 Å². The van der Waals surface area contributed by atoms with Gasteiger partial charge in [-0.1, -0.05) is 35.9 Å². The molecule has 2 aromatic carbocycles. The second kappa shape index (κ2) is 11.8. The Kier molecular flexibility index (Phi) is 7.94. The van der Waals surface area contributed by atoms with Gasteiger partial charge >= 0.3 is 0 Å². The van der Waals surface area contributed by atoms with E-state index in [0.717, 1.165) is 35.6 Å². The van der Waals surface area contributed by atoms with E-state index in [1.807, 2.05) is 70.2 Å². The number of nitrogens with zero attached hydrogens (tertiary/aromatic N) is 6. The maximum atomic E-state index is 13.0. The quantitative estimate of drug-likeness (QED) is 0.350. The van der Waals surface area contributed by atoms with Crippen LogP contribution in [-0.4, -0.2) is 92.9 Å². The van der Waals surface area contributed by atoms with Gasteiger partial charge in [-0.15, -0.1) is 0 Å². The molecule has 9 nitrogen and oxygen atoms in total. The Bertz CT molecular complexity index is 1490. The molecule has 2 aromatic heterocycles. The van der Waals surface area contributed by atoms with Crippen LogP contribution in [0.15, 0.2) is 66.9 Å². The van der Waals surface area contributed by atoms with Crippen LogP contribution in [0.1, 0.15) is 40.2 Å². The standard InChI is InChI=1S/C31H35ClN6O3/c32-26-9-7-25(8-10-26)31(41)11-14-36(15-12-31)27-2-1-13-38-29(27)33-28(34-38)22-23-3-5-24(6-4-23)30(40)37-18-16-35(17-19-37)20-21-39/h1-10,13,39,41H,11-12,14-22H2. The Balaban J connectivity index is 1.11. The van der Waals surface area contributed by atoms with Gasteiger partial charge < -0.3 is 20.0 Å². The fourth-order valence-corrected chi connectivity index (χ4v) is 6.00. The number of fused-ring (bicyclic) bond motifs is 1. The van der Waals surface area contributed by atoms with E-state index in [2.05, 4.69) is 15.9 Å². The van der Waals surface area contributed by atoms with E-state index in [0.29, 0.717) is 68.4 Å². The molecule has 10 heteroatoms. The summed E-state index contributed by atoms with van der Waals surface area (Å²) in [4.78, 5) is 24.2. The number of aliphatic hydroxyl groups is 2. The van der Waals surface area contributed by atoms with Crippen LogP contribution < -0.4 is 4.90 Å². The maximum Gasteiger partial charge on any atom is 0.253 e. The van der Waals surface area contributed by atoms with Crippen LogP contribution in [0.2, 0.25) is 5.02 Å². The molecule has 2 saturated heterocycles. The zero-order chi connectivity index (χ0) is 28.4.